The van der Waals surface area contributed by atoms with Gasteiger partial charge < -0.3 is 14.6 Å². The minimum Gasteiger partial charge on any atom is -0.490 e. The molecule has 182 valence electrons. The second kappa shape index (κ2) is 16.2. The van der Waals surface area contributed by atoms with Crippen LogP contribution >= 0.6 is 0 Å². The molecule has 0 fully saturated rings. The maximum Gasteiger partial charge on any atom is 0.310 e. The Kier molecular flexibility index (Phi) is 13.1. The van der Waals surface area contributed by atoms with Crippen molar-refractivity contribution >= 4 is 5.97 Å². The Bertz CT molecular complexity index is 778. The van der Waals surface area contributed by atoms with Gasteiger partial charge in [0, 0.05) is 18.8 Å². The minimum absolute atomic E-state index is 0.464. The van der Waals surface area contributed by atoms with E-state index in [0.29, 0.717) is 24.6 Å². The molecule has 0 radical (unpaired) electrons. The van der Waals surface area contributed by atoms with Gasteiger partial charge in [-0.05, 0) is 31.2 Å². The van der Waals surface area contributed by atoms with E-state index in [0.717, 1.165) is 62.9 Å². The van der Waals surface area contributed by atoms with Gasteiger partial charge in [-0.15, -0.1) is 0 Å². The number of ether oxygens (including phenoxy) is 2. The number of unbranched alkanes of at least 4 members (excludes halogenated alkanes) is 6. The Morgan fingerprint density at radius 3 is 2.15 bits per heavy atom. The molecule has 1 aromatic carbocycles. The van der Waals surface area contributed by atoms with Crippen LogP contribution in [0.4, 0.5) is 0 Å². The molecule has 2 rings (SSSR count). The molecular weight excluding hydrogens is 416 g/mol. The fraction of sp³-hybridized carbons (Fsp3) is 0.593. The molecule has 0 amide bonds. The van der Waals surface area contributed by atoms with Gasteiger partial charge in [0.15, 0.2) is 11.6 Å². The maximum atomic E-state index is 11.8. The first kappa shape index (κ1) is 26.8. The monoisotopic (exact) mass is 456 g/mol. The molecule has 6 heteroatoms. The molecule has 0 bridgehead atoms. The summed E-state index contributed by atoms with van der Waals surface area (Å²) in [6.45, 7) is 6.56. The van der Waals surface area contributed by atoms with Gasteiger partial charge in [-0.3, -0.25) is 4.79 Å². The van der Waals surface area contributed by atoms with E-state index >= 15 is 0 Å². The molecule has 33 heavy (non-hydrogen) atoms. The second-order valence-electron chi connectivity index (χ2n) is 8.48. The van der Waals surface area contributed by atoms with Crippen molar-refractivity contribution in [1.82, 2.24) is 9.97 Å². The Morgan fingerprint density at radius 1 is 0.848 bits per heavy atom. The van der Waals surface area contributed by atoms with E-state index in [1.807, 2.05) is 24.3 Å². The standard InChI is InChI=1S/C27H40N2O4/c1-3-5-7-8-9-12-25(27(30)31)22-13-15-23(16-14-22)26-28-20-24(21-29-26)33-19-11-10-18-32-17-6-4-2/h13-16,20-21,25H,3-12,17-19H2,1-2H3,(H,30,31). The molecular formula is C27H40N2O4. The molecule has 0 saturated heterocycles. The summed E-state index contributed by atoms with van der Waals surface area (Å²) in [4.78, 5) is 20.6. The lowest BCUT2D eigenvalue weighted by molar-refractivity contribution is -0.139. The quantitative estimate of drug-likeness (QED) is 0.253. The van der Waals surface area contributed by atoms with E-state index < -0.39 is 11.9 Å². The fourth-order valence-corrected chi connectivity index (χ4v) is 3.63. The molecule has 0 aliphatic carbocycles. The Hall–Kier alpha value is -2.47. The Morgan fingerprint density at radius 2 is 1.48 bits per heavy atom. The van der Waals surface area contributed by atoms with Crippen LogP contribution in [-0.4, -0.2) is 40.9 Å². The minimum atomic E-state index is -0.761. The van der Waals surface area contributed by atoms with Crippen LogP contribution in [0, 0.1) is 0 Å². The summed E-state index contributed by atoms with van der Waals surface area (Å²) in [6.07, 6.45) is 13.8. The number of carboxylic acid groups (broad SMARTS) is 1. The van der Waals surface area contributed by atoms with E-state index in [2.05, 4.69) is 23.8 Å². The average Bonchev–Trinajstić information content (AvgIpc) is 2.83. The highest BCUT2D eigenvalue weighted by Crippen LogP contribution is 2.26. The van der Waals surface area contributed by atoms with Crippen molar-refractivity contribution in [3.8, 4) is 17.1 Å². The van der Waals surface area contributed by atoms with Crippen molar-refractivity contribution in [3.05, 3.63) is 42.2 Å². The van der Waals surface area contributed by atoms with Crippen LogP contribution < -0.4 is 4.74 Å². The van der Waals surface area contributed by atoms with Crippen molar-refractivity contribution in [2.75, 3.05) is 19.8 Å². The van der Waals surface area contributed by atoms with Crippen LogP contribution in [0.3, 0.4) is 0 Å². The van der Waals surface area contributed by atoms with Gasteiger partial charge in [0.2, 0.25) is 0 Å². The first-order valence-corrected chi connectivity index (χ1v) is 12.5. The highest BCUT2D eigenvalue weighted by Gasteiger charge is 2.19. The van der Waals surface area contributed by atoms with Crippen LogP contribution in [0.1, 0.15) is 89.5 Å². The topological polar surface area (TPSA) is 81.5 Å². The van der Waals surface area contributed by atoms with Crippen molar-refractivity contribution in [2.45, 2.75) is 84.0 Å². The number of carbonyl (C=O) groups is 1. The second-order valence-corrected chi connectivity index (χ2v) is 8.48. The third-order valence-corrected chi connectivity index (χ3v) is 5.69. The molecule has 0 saturated carbocycles. The number of benzene rings is 1. The van der Waals surface area contributed by atoms with Crippen LogP contribution in [0.25, 0.3) is 11.4 Å². The molecule has 0 aliphatic rings. The number of carboxylic acids is 1. The lowest BCUT2D eigenvalue weighted by Gasteiger charge is -2.13. The van der Waals surface area contributed by atoms with Crippen LogP contribution in [0.5, 0.6) is 5.75 Å². The number of aliphatic carboxylic acids is 1. The molecule has 0 spiro atoms. The molecule has 6 nitrogen and oxygen atoms in total. The normalized spacial score (nSPS) is 11.9. The summed E-state index contributed by atoms with van der Waals surface area (Å²) < 4.78 is 11.3. The van der Waals surface area contributed by atoms with Crippen molar-refractivity contribution in [1.29, 1.82) is 0 Å². The highest BCUT2D eigenvalue weighted by atomic mass is 16.5. The molecule has 1 heterocycles. The van der Waals surface area contributed by atoms with Gasteiger partial charge in [0.1, 0.15) is 0 Å². The summed E-state index contributed by atoms with van der Waals surface area (Å²) in [5.41, 5.74) is 1.70. The third kappa shape index (κ3) is 10.3. The van der Waals surface area contributed by atoms with Crippen LogP contribution in [0.2, 0.25) is 0 Å². The zero-order chi connectivity index (χ0) is 23.7. The molecule has 0 aliphatic heterocycles. The van der Waals surface area contributed by atoms with E-state index in [4.69, 9.17) is 9.47 Å². The summed E-state index contributed by atoms with van der Waals surface area (Å²) in [6, 6.07) is 7.57. The third-order valence-electron chi connectivity index (χ3n) is 5.69. The Balaban J connectivity index is 1.80. The molecule has 2 aromatic rings. The number of hydrogen-bond donors (Lipinski definition) is 1. The molecule has 1 aromatic heterocycles. The predicted octanol–water partition coefficient (Wildman–Crippen LogP) is 6.65. The zero-order valence-electron chi connectivity index (χ0n) is 20.3. The van der Waals surface area contributed by atoms with Crippen LogP contribution in [0.15, 0.2) is 36.7 Å². The summed E-state index contributed by atoms with van der Waals surface area (Å²) in [5, 5.41) is 9.65. The summed E-state index contributed by atoms with van der Waals surface area (Å²) in [7, 11) is 0. The first-order valence-electron chi connectivity index (χ1n) is 12.5. The highest BCUT2D eigenvalue weighted by molar-refractivity contribution is 5.76. The van der Waals surface area contributed by atoms with Gasteiger partial charge in [-0.25, -0.2) is 9.97 Å². The number of nitrogens with zero attached hydrogens (tertiary/aromatic N) is 2. The van der Waals surface area contributed by atoms with E-state index in [-0.39, 0.29) is 0 Å². The largest absolute Gasteiger partial charge is 0.490 e. The summed E-state index contributed by atoms with van der Waals surface area (Å²) >= 11 is 0. The van der Waals surface area contributed by atoms with Gasteiger partial charge in [0.05, 0.1) is 24.9 Å². The van der Waals surface area contributed by atoms with Gasteiger partial charge >= 0.3 is 5.97 Å². The molecule has 1 atom stereocenters. The number of rotatable bonds is 18. The molecule has 1 unspecified atom stereocenters. The van der Waals surface area contributed by atoms with E-state index in [1.165, 1.54) is 19.3 Å². The molecule has 1 N–H and O–H groups in total. The number of hydrogen-bond acceptors (Lipinski definition) is 5. The van der Waals surface area contributed by atoms with Crippen molar-refractivity contribution < 1.29 is 19.4 Å². The zero-order valence-corrected chi connectivity index (χ0v) is 20.3. The van der Waals surface area contributed by atoms with Gasteiger partial charge in [-0.1, -0.05) is 76.6 Å². The SMILES string of the molecule is CCCCCCCC(C(=O)O)c1ccc(-c2ncc(OCCCCOCCCC)cn2)cc1. The summed E-state index contributed by atoms with van der Waals surface area (Å²) in [5.74, 6) is 0.0267. The van der Waals surface area contributed by atoms with Gasteiger partial charge in [-0.2, -0.15) is 0 Å². The lowest BCUT2D eigenvalue weighted by Crippen LogP contribution is -2.11. The fourth-order valence-electron chi connectivity index (χ4n) is 3.63. The Labute approximate surface area is 198 Å². The predicted molar refractivity (Wildman–Crippen MR) is 132 cm³/mol. The number of aromatic nitrogens is 2. The first-order chi connectivity index (χ1) is 16.2. The van der Waals surface area contributed by atoms with E-state index in [1.54, 1.807) is 12.4 Å². The van der Waals surface area contributed by atoms with Crippen LogP contribution in [-0.2, 0) is 9.53 Å². The van der Waals surface area contributed by atoms with Crippen molar-refractivity contribution in [3.63, 3.8) is 0 Å². The van der Waals surface area contributed by atoms with E-state index in [9.17, 15) is 9.90 Å². The van der Waals surface area contributed by atoms with Crippen molar-refractivity contribution in [2.24, 2.45) is 0 Å². The lowest BCUT2D eigenvalue weighted by atomic mass is 9.92. The smallest absolute Gasteiger partial charge is 0.310 e. The van der Waals surface area contributed by atoms with Gasteiger partial charge in [0.25, 0.3) is 0 Å². The average molecular weight is 457 g/mol. The maximum absolute atomic E-state index is 11.8.